The Morgan fingerprint density at radius 3 is 2.70 bits per heavy atom. The van der Waals surface area contributed by atoms with Crippen molar-refractivity contribution in [3.8, 4) is 11.9 Å². The van der Waals surface area contributed by atoms with Gasteiger partial charge in [-0.05, 0) is 30.3 Å². The topological polar surface area (TPSA) is 78.2 Å². The summed E-state index contributed by atoms with van der Waals surface area (Å²) in [4.78, 5) is 17.8. The highest BCUT2D eigenvalue weighted by Crippen LogP contribution is 2.30. The van der Waals surface area contributed by atoms with Gasteiger partial charge in [0.1, 0.15) is 6.10 Å². The smallest absolute Gasteiger partial charge is 0.416 e. The highest BCUT2D eigenvalue weighted by Gasteiger charge is 2.31. The lowest BCUT2D eigenvalue weighted by Gasteiger charge is -2.18. The fourth-order valence-corrected chi connectivity index (χ4v) is 2.67. The largest absolute Gasteiger partial charge is 0.472 e. The highest BCUT2D eigenvalue weighted by atomic mass is 19.4. The van der Waals surface area contributed by atoms with Gasteiger partial charge in [0.2, 0.25) is 5.88 Å². The molecule has 0 saturated carbocycles. The van der Waals surface area contributed by atoms with Crippen LogP contribution in [0.25, 0.3) is 0 Å². The van der Waals surface area contributed by atoms with Crippen LogP contribution in [-0.2, 0) is 6.18 Å². The molecule has 1 unspecified atom stereocenters. The minimum atomic E-state index is -4.42. The second kappa shape index (κ2) is 7.53. The summed E-state index contributed by atoms with van der Waals surface area (Å²) in [5.74, 6) is 0.309. The number of rotatable bonds is 3. The van der Waals surface area contributed by atoms with Crippen LogP contribution >= 0.6 is 0 Å². The van der Waals surface area contributed by atoms with E-state index < -0.39 is 17.8 Å². The number of nitrogens with zero attached hydrogens (tertiary/aromatic N) is 3. The lowest BCUT2D eigenvalue weighted by atomic mass is 10.2. The number of nitriles is 1. The van der Waals surface area contributed by atoms with Crippen molar-refractivity contribution in [2.24, 2.45) is 0 Å². The van der Waals surface area contributed by atoms with Crippen LogP contribution in [0.1, 0.15) is 17.5 Å². The second-order valence-electron chi connectivity index (χ2n) is 5.97. The zero-order valence-electron chi connectivity index (χ0n) is 14.0. The third kappa shape index (κ3) is 4.67. The SMILES string of the molecule is N#Cc1ccnc(OC2CCN(C(=O)Nc3ccc(C(F)(F)F)cc3)C2)c1. The van der Waals surface area contributed by atoms with Crippen LogP contribution in [0.4, 0.5) is 23.7 Å². The summed E-state index contributed by atoms with van der Waals surface area (Å²) >= 11 is 0. The Morgan fingerprint density at radius 2 is 2.04 bits per heavy atom. The third-order valence-electron chi connectivity index (χ3n) is 4.05. The van der Waals surface area contributed by atoms with Crippen LogP contribution in [0.5, 0.6) is 5.88 Å². The van der Waals surface area contributed by atoms with E-state index >= 15 is 0 Å². The van der Waals surface area contributed by atoms with Gasteiger partial charge in [-0.3, -0.25) is 0 Å². The fraction of sp³-hybridized carbons (Fsp3) is 0.278. The molecule has 6 nitrogen and oxygen atoms in total. The van der Waals surface area contributed by atoms with Gasteiger partial charge in [-0.25, -0.2) is 9.78 Å². The number of aromatic nitrogens is 1. The van der Waals surface area contributed by atoms with E-state index in [1.807, 2.05) is 6.07 Å². The molecule has 1 saturated heterocycles. The maximum Gasteiger partial charge on any atom is 0.416 e. The summed E-state index contributed by atoms with van der Waals surface area (Å²) in [5.41, 5.74) is -0.0714. The number of halogens is 3. The summed E-state index contributed by atoms with van der Waals surface area (Å²) in [6, 6.07) is 8.91. The number of benzene rings is 1. The van der Waals surface area contributed by atoms with Crippen LogP contribution in [0.15, 0.2) is 42.6 Å². The summed E-state index contributed by atoms with van der Waals surface area (Å²) in [5, 5.41) is 11.5. The van der Waals surface area contributed by atoms with Gasteiger partial charge in [-0.1, -0.05) is 0 Å². The first kappa shape index (κ1) is 18.5. The molecule has 0 radical (unpaired) electrons. The van der Waals surface area contributed by atoms with Gasteiger partial charge < -0.3 is 15.0 Å². The predicted molar refractivity (Wildman–Crippen MR) is 90.0 cm³/mol. The molecule has 1 aliphatic heterocycles. The number of pyridine rings is 1. The molecular formula is C18H15F3N4O2. The maximum atomic E-state index is 12.6. The quantitative estimate of drug-likeness (QED) is 0.887. The number of nitrogens with one attached hydrogen (secondary N) is 1. The van der Waals surface area contributed by atoms with E-state index in [4.69, 9.17) is 10.00 Å². The van der Waals surface area contributed by atoms with Gasteiger partial charge in [0, 0.05) is 30.9 Å². The molecule has 140 valence electrons. The van der Waals surface area contributed by atoms with E-state index in [-0.39, 0.29) is 11.8 Å². The number of hydrogen-bond acceptors (Lipinski definition) is 4. The first-order valence-corrected chi connectivity index (χ1v) is 8.11. The molecule has 1 aromatic carbocycles. The first-order chi connectivity index (χ1) is 12.8. The summed E-state index contributed by atoms with van der Waals surface area (Å²) in [6.45, 7) is 0.750. The number of hydrogen-bond donors (Lipinski definition) is 1. The Morgan fingerprint density at radius 1 is 1.30 bits per heavy atom. The van der Waals surface area contributed by atoms with Crippen molar-refractivity contribution in [3.63, 3.8) is 0 Å². The van der Waals surface area contributed by atoms with Crippen LogP contribution in [0.3, 0.4) is 0 Å². The van der Waals surface area contributed by atoms with Crippen molar-refractivity contribution in [2.75, 3.05) is 18.4 Å². The molecular weight excluding hydrogens is 361 g/mol. The van der Waals surface area contributed by atoms with Crippen LogP contribution in [-0.4, -0.2) is 35.1 Å². The predicted octanol–water partition coefficient (Wildman–Crippen LogP) is 3.66. The lowest BCUT2D eigenvalue weighted by molar-refractivity contribution is -0.137. The van der Waals surface area contributed by atoms with Gasteiger partial charge in [0.15, 0.2) is 0 Å². The number of urea groups is 1. The van der Waals surface area contributed by atoms with E-state index in [1.165, 1.54) is 29.3 Å². The van der Waals surface area contributed by atoms with Crippen LogP contribution < -0.4 is 10.1 Å². The first-order valence-electron chi connectivity index (χ1n) is 8.11. The Hall–Kier alpha value is -3.28. The zero-order chi connectivity index (χ0) is 19.4. The molecule has 1 atom stereocenters. The fourth-order valence-electron chi connectivity index (χ4n) is 2.67. The maximum absolute atomic E-state index is 12.6. The highest BCUT2D eigenvalue weighted by molar-refractivity contribution is 5.89. The number of anilines is 1. The molecule has 2 amide bonds. The number of ether oxygens (including phenoxy) is 1. The molecule has 2 heterocycles. The van der Waals surface area contributed by atoms with E-state index in [1.54, 1.807) is 6.07 Å². The summed E-state index contributed by atoms with van der Waals surface area (Å²) in [7, 11) is 0. The van der Waals surface area contributed by atoms with Gasteiger partial charge in [0.25, 0.3) is 0 Å². The Balaban J connectivity index is 1.55. The average molecular weight is 376 g/mol. The van der Waals surface area contributed by atoms with Crippen molar-refractivity contribution in [1.29, 1.82) is 5.26 Å². The van der Waals surface area contributed by atoms with Crippen molar-refractivity contribution < 1.29 is 22.7 Å². The van der Waals surface area contributed by atoms with Gasteiger partial charge in [0.05, 0.1) is 23.7 Å². The molecule has 27 heavy (non-hydrogen) atoms. The average Bonchev–Trinajstić information content (AvgIpc) is 3.10. The van der Waals surface area contributed by atoms with Crippen molar-refractivity contribution in [1.82, 2.24) is 9.88 Å². The normalized spacial score (nSPS) is 16.7. The molecule has 0 aliphatic carbocycles. The molecule has 1 aromatic heterocycles. The number of carbonyl (C=O) groups is 1. The minimum absolute atomic E-state index is 0.273. The molecule has 2 aromatic rings. The Bertz CT molecular complexity index is 862. The van der Waals surface area contributed by atoms with Crippen LogP contribution in [0, 0.1) is 11.3 Å². The van der Waals surface area contributed by atoms with Crippen molar-refractivity contribution in [2.45, 2.75) is 18.7 Å². The minimum Gasteiger partial charge on any atom is -0.472 e. The second-order valence-corrected chi connectivity index (χ2v) is 5.97. The van der Waals surface area contributed by atoms with E-state index in [9.17, 15) is 18.0 Å². The molecule has 3 rings (SSSR count). The lowest BCUT2D eigenvalue weighted by Crippen LogP contribution is -2.34. The number of alkyl halides is 3. The number of likely N-dealkylation sites (tertiary alicyclic amines) is 1. The molecule has 9 heteroatoms. The standard InChI is InChI=1S/C18H15F3N4O2/c19-18(20,21)13-1-3-14(4-2-13)24-17(26)25-8-6-15(11-25)27-16-9-12(10-22)5-7-23-16/h1-5,7,9,15H,6,8,11H2,(H,24,26). The Kier molecular flexibility index (Phi) is 5.16. The zero-order valence-corrected chi connectivity index (χ0v) is 14.0. The van der Waals surface area contributed by atoms with Crippen molar-refractivity contribution >= 4 is 11.7 Å². The number of carbonyl (C=O) groups excluding carboxylic acids is 1. The molecule has 1 N–H and O–H groups in total. The van der Waals surface area contributed by atoms with Crippen molar-refractivity contribution in [3.05, 3.63) is 53.7 Å². The van der Waals surface area contributed by atoms with E-state index in [0.717, 1.165) is 12.1 Å². The Labute approximate surface area is 153 Å². The van der Waals surface area contributed by atoms with Gasteiger partial charge >= 0.3 is 12.2 Å². The van der Waals surface area contributed by atoms with E-state index in [0.29, 0.717) is 31.0 Å². The summed E-state index contributed by atoms with van der Waals surface area (Å²) < 4.78 is 43.4. The molecule has 0 spiro atoms. The molecule has 0 bridgehead atoms. The number of amides is 2. The van der Waals surface area contributed by atoms with Gasteiger partial charge in [-0.2, -0.15) is 18.4 Å². The molecule has 1 fully saturated rings. The monoisotopic (exact) mass is 376 g/mol. The van der Waals surface area contributed by atoms with Gasteiger partial charge in [-0.15, -0.1) is 0 Å². The third-order valence-corrected chi connectivity index (χ3v) is 4.05. The molecule has 1 aliphatic rings. The van der Waals surface area contributed by atoms with E-state index in [2.05, 4.69) is 10.3 Å². The van der Waals surface area contributed by atoms with Crippen LogP contribution in [0.2, 0.25) is 0 Å². The summed E-state index contributed by atoms with van der Waals surface area (Å²) in [6.07, 6.45) is -2.64.